The Bertz CT molecular complexity index is 996. The van der Waals surface area contributed by atoms with Crippen LogP contribution in [0.3, 0.4) is 0 Å². The minimum atomic E-state index is -0.0365. The van der Waals surface area contributed by atoms with E-state index in [1.54, 1.807) is 12.1 Å². The third-order valence-corrected chi connectivity index (χ3v) is 5.21. The van der Waals surface area contributed by atoms with Crippen LogP contribution in [-0.4, -0.2) is 42.1 Å². The second kappa shape index (κ2) is 10.7. The van der Waals surface area contributed by atoms with Gasteiger partial charge in [0, 0.05) is 42.6 Å². The van der Waals surface area contributed by atoms with Crippen molar-refractivity contribution in [3.63, 3.8) is 0 Å². The summed E-state index contributed by atoms with van der Waals surface area (Å²) in [4.78, 5) is 32.2. The first-order valence-corrected chi connectivity index (χ1v) is 10.8. The van der Waals surface area contributed by atoms with Gasteiger partial charge in [-0.3, -0.25) is 9.59 Å². The van der Waals surface area contributed by atoms with Crippen molar-refractivity contribution in [3.8, 4) is 0 Å². The molecule has 0 saturated carbocycles. The fourth-order valence-corrected chi connectivity index (χ4v) is 3.65. The molecule has 162 valence electrons. The number of carbonyl (C=O) groups is 2. The van der Waals surface area contributed by atoms with Crippen molar-refractivity contribution >= 4 is 29.3 Å². The summed E-state index contributed by atoms with van der Waals surface area (Å²) in [7, 11) is 0. The van der Waals surface area contributed by atoms with Gasteiger partial charge in [0.05, 0.1) is 5.69 Å². The summed E-state index contributed by atoms with van der Waals surface area (Å²) in [5.41, 5.74) is 15.3. The normalized spacial score (nSPS) is 13.0. The van der Waals surface area contributed by atoms with E-state index >= 15 is 0 Å². The molecule has 0 radical (unpaired) electrons. The van der Waals surface area contributed by atoms with E-state index in [-0.39, 0.29) is 18.1 Å². The smallest absolute Gasteiger partial charge is 0.250 e. The summed E-state index contributed by atoms with van der Waals surface area (Å²) in [6.07, 6.45) is 4.08. The highest BCUT2D eigenvalue weighted by Gasteiger charge is 2.21. The number of aliphatic imine (C=N–C) groups is 1. The minimum absolute atomic E-state index is 0.0169. The molecule has 0 saturated heterocycles. The Morgan fingerprint density at radius 1 is 1.10 bits per heavy atom. The van der Waals surface area contributed by atoms with E-state index in [0.29, 0.717) is 48.7 Å². The number of fused-ring (bicyclic) bond motifs is 1. The number of nitrogens with zero attached hydrogens (tertiary/aromatic N) is 2. The molecule has 2 aromatic carbocycles. The number of amidine groups is 1. The van der Waals surface area contributed by atoms with Crippen LogP contribution in [0.5, 0.6) is 0 Å². The lowest BCUT2D eigenvalue weighted by Gasteiger charge is -2.23. The zero-order valence-corrected chi connectivity index (χ0v) is 18.0. The van der Waals surface area contributed by atoms with Gasteiger partial charge in [0.2, 0.25) is 5.91 Å². The molecule has 1 heterocycles. The standard InChI is InChI=1S/C25H30N4O2/c1-2-12-29(13-6-11-26)25(31)21-15-19-9-10-20(16-22(19)28-24(27)17-21)23(30)14-18-7-4-3-5-8-18/h3-5,7-10,15-16H,2,6,11-14,17,26H2,1H3,(H2,27,28). The zero-order chi connectivity index (χ0) is 22.2. The first-order valence-electron chi connectivity index (χ1n) is 10.8. The van der Waals surface area contributed by atoms with E-state index in [2.05, 4.69) is 4.99 Å². The Kier molecular flexibility index (Phi) is 7.73. The molecule has 3 rings (SSSR count). The Morgan fingerprint density at radius 3 is 2.58 bits per heavy atom. The molecule has 0 aliphatic carbocycles. The van der Waals surface area contributed by atoms with Crippen molar-refractivity contribution in [1.29, 1.82) is 0 Å². The third-order valence-electron chi connectivity index (χ3n) is 5.21. The topological polar surface area (TPSA) is 102 Å². The van der Waals surface area contributed by atoms with Gasteiger partial charge in [0.1, 0.15) is 5.84 Å². The number of rotatable bonds is 9. The molecule has 0 bridgehead atoms. The average molecular weight is 419 g/mol. The van der Waals surface area contributed by atoms with Gasteiger partial charge >= 0.3 is 0 Å². The number of hydrogen-bond donors (Lipinski definition) is 2. The van der Waals surface area contributed by atoms with Crippen LogP contribution in [0.4, 0.5) is 5.69 Å². The number of nitrogens with two attached hydrogens (primary N) is 2. The summed E-state index contributed by atoms with van der Waals surface area (Å²) in [6, 6.07) is 15.0. The average Bonchev–Trinajstić information content (AvgIpc) is 2.94. The van der Waals surface area contributed by atoms with Crippen molar-refractivity contribution in [3.05, 3.63) is 70.8 Å². The number of hydrogen-bond acceptors (Lipinski definition) is 5. The molecule has 2 aromatic rings. The SMILES string of the molecule is CCCN(CCCN)C(=O)C1=Cc2ccc(C(=O)Cc3ccccc3)cc2N=C(N)C1. The van der Waals surface area contributed by atoms with Gasteiger partial charge in [-0.1, -0.05) is 49.4 Å². The molecule has 4 N–H and O–H groups in total. The van der Waals surface area contributed by atoms with Gasteiger partial charge in [0.15, 0.2) is 5.78 Å². The largest absolute Gasteiger partial charge is 0.387 e. The predicted molar refractivity (Wildman–Crippen MR) is 125 cm³/mol. The molecule has 1 aliphatic rings. The van der Waals surface area contributed by atoms with Crippen LogP contribution in [0.2, 0.25) is 0 Å². The second-order valence-electron chi connectivity index (χ2n) is 7.74. The first kappa shape index (κ1) is 22.4. The minimum Gasteiger partial charge on any atom is -0.387 e. The molecule has 6 nitrogen and oxygen atoms in total. The summed E-state index contributed by atoms with van der Waals surface area (Å²) < 4.78 is 0. The lowest BCUT2D eigenvalue weighted by atomic mass is 9.99. The number of ketones is 1. The molecular weight excluding hydrogens is 388 g/mol. The van der Waals surface area contributed by atoms with E-state index in [0.717, 1.165) is 24.0 Å². The van der Waals surface area contributed by atoms with Gasteiger partial charge in [-0.15, -0.1) is 0 Å². The molecule has 0 fully saturated rings. The van der Waals surface area contributed by atoms with Gasteiger partial charge in [0.25, 0.3) is 0 Å². The van der Waals surface area contributed by atoms with Gasteiger partial charge in [-0.2, -0.15) is 0 Å². The number of benzene rings is 2. The Labute approximate surface area is 183 Å². The predicted octanol–water partition coefficient (Wildman–Crippen LogP) is 3.48. The van der Waals surface area contributed by atoms with Gasteiger partial charge < -0.3 is 16.4 Å². The Balaban J connectivity index is 1.86. The fourth-order valence-electron chi connectivity index (χ4n) is 3.65. The van der Waals surface area contributed by atoms with Crippen LogP contribution in [-0.2, 0) is 11.2 Å². The lowest BCUT2D eigenvalue weighted by Crippen LogP contribution is -2.35. The molecular formula is C25H30N4O2. The summed E-state index contributed by atoms with van der Waals surface area (Å²) in [5.74, 6) is 0.343. The Morgan fingerprint density at radius 2 is 1.87 bits per heavy atom. The summed E-state index contributed by atoms with van der Waals surface area (Å²) in [6.45, 7) is 3.88. The van der Waals surface area contributed by atoms with Crippen molar-refractivity contribution < 1.29 is 9.59 Å². The van der Waals surface area contributed by atoms with Crippen LogP contribution in [0, 0.1) is 0 Å². The van der Waals surface area contributed by atoms with Crippen LogP contribution < -0.4 is 11.5 Å². The van der Waals surface area contributed by atoms with E-state index in [4.69, 9.17) is 11.5 Å². The zero-order valence-electron chi connectivity index (χ0n) is 18.0. The van der Waals surface area contributed by atoms with Crippen LogP contribution in [0.25, 0.3) is 6.08 Å². The van der Waals surface area contributed by atoms with Crippen molar-refractivity contribution in [2.24, 2.45) is 16.5 Å². The maximum Gasteiger partial charge on any atom is 0.250 e. The van der Waals surface area contributed by atoms with Crippen molar-refractivity contribution in [1.82, 2.24) is 4.90 Å². The van der Waals surface area contributed by atoms with Gasteiger partial charge in [-0.25, -0.2) is 4.99 Å². The Hall–Kier alpha value is -3.25. The van der Waals surface area contributed by atoms with E-state index in [9.17, 15) is 9.59 Å². The highest BCUT2D eigenvalue weighted by molar-refractivity contribution is 6.06. The lowest BCUT2D eigenvalue weighted by molar-refractivity contribution is -0.127. The highest BCUT2D eigenvalue weighted by Crippen LogP contribution is 2.29. The third kappa shape index (κ3) is 5.89. The van der Waals surface area contributed by atoms with Crippen molar-refractivity contribution in [2.45, 2.75) is 32.6 Å². The molecule has 0 unspecified atom stereocenters. The molecule has 1 amide bonds. The summed E-state index contributed by atoms with van der Waals surface area (Å²) in [5, 5.41) is 0. The van der Waals surface area contributed by atoms with Crippen LogP contribution >= 0.6 is 0 Å². The maximum absolute atomic E-state index is 13.1. The second-order valence-corrected chi connectivity index (χ2v) is 7.74. The number of amides is 1. The molecule has 1 aliphatic heterocycles. The fraction of sp³-hybridized carbons (Fsp3) is 0.320. The molecule has 6 heteroatoms. The molecule has 0 spiro atoms. The molecule has 0 atom stereocenters. The first-order chi connectivity index (χ1) is 15.0. The van der Waals surface area contributed by atoms with Crippen LogP contribution in [0.15, 0.2) is 59.1 Å². The van der Waals surface area contributed by atoms with Crippen molar-refractivity contribution in [2.75, 3.05) is 19.6 Å². The molecule has 0 aromatic heterocycles. The van der Waals surface area contributed by atoms with Crippen LogP contribution in [0.1, 0.15) is 47.7 Å². The monoisotopic (exact) mass is 418 g/mol. The molecule has 31 heavy (non-hydrogen) atoms. The highest BCUT2D eigenvalue weighted by atomic mass is 16.2. The summed E-state index contributed by atoms with van der Waals surface area (Å²) >= 11 is 0. The van der Waals surface area contributed by atoms with E-state index in [1.807, 2.05) is 54.3 Å². The maximum atomic E-state index is 13.1. The van der Waals surface area contributed by atoms with Gasteiger partial charge in [-0.05, 0) is 37.1 Å². The number of carbonyl (C=O) groups excluding carboxylic acids is 2. The van der Waals surface area contributed by atoms with E-state index in [1.165, 1.54) is 0 Å². The van der Waals surface area contributed by atoms with E-state index < -0.39 is 0 Å². The quantitative estimate of drug-likeness (QED) is 0.609. The number of Topliss-reactive ketones (excluding diaryl/α,β-unsaturated/α-hetero) is 1.